The topological polar surface area (TPSA) is 47.6 Å². The highest BCUT2D eigenvalue weighted by Crippen LogP contribution is 2.29. The molecule has 0 aliphatic heterocycles. The fourth-order valence-corrected chi connectivity index (χ4v) is 3.38. The van der Waals surface area contributed by atoms with Gasteiger partial charge < -0.3 is 14.8 Å². The van der Waals surface area contributed by atoms with E-state index in [2.05, 4.69) is 24.4 Å². The summed E-state index contributed by atoms with van der Waals surface area (Å²) in [4.78, 5) is 12.1. The van der Waals surface area contributed by atoms with Gasteiger partial charge in [0.25, 0.3) is 0 Å². The first kappa shape index (κ1) is 20.2. The summed E-state index contributed by atoms with van der Waals surface area (Å²) in [5.41, 5.74) is 3.52. The predicted octanol–water partition coefficient (Wildman–Crippen LogP) is 4.34. The van der Waals surface area contributed by atoms with E-state index in [0.29, 0.717) is 23.8 Å². The number of aryl methyl sites for hydroxylation is 1. The molecule has 26 heavy (non-hydrogen) atoms. The summed E-state index contributed by atoms with van der Waals surface area (Å²) in [5, 5.41) is 2.96. The molecule has 0 heterocycles. The van der Waals surface area contributed by atoms with E-state index in [1.807, 2.05) is 44.2 Å². The van der Waals surface area contributed by atoms with Crippen LogP contribution in [0.2, 0.25) is 0 Å². The van der Waals surface area contributed by atoms with Gasteiger partial charge in [-0.25, -0.2) is 0 Å². The van der Waals surface area contributed by atoms with Gasteiger partial charge in [-0.2, -0.15) is 0 Å². The molecule has 4 nitrogen and oxygen atoms in total. The average Bonchev–Trinajstić information content (AvgIpc) is 2.62. The average molecular weight is 374 g/mol. The first-order valence-corrected chi connectivity index (χ1v) is 9.87. The normalized spacial score (nSPS) is 10.7. The molecule has 2 aromatic rings. The number of hydrogen-bond donors (Lipinski definition) is 1. The second-order valence-electron chi connectivity index (χ2n) is 6.35. The summed E-state index contributed by atoms with van der Waals surface area (Å²) in [6.07, 6.45) is 0.0831. The van der Waals surface area contributed by atoms with Crippen molar-refractivity contribution >= 4 is 17.7 Å². The molecule has 0 spiro atoms. The van der Waals surface area contributed by atoms with Crippen LogP contribution in [0.1, 0.15) is 30.5 Å². The number of ether oxygens (including phenoxy) is 2. The van der Waals surface area contributed by atoms with Crippen molar-refractivity contribution in [2.75, 3.05) is 12.9 Å². The van der Waals surface area contributed by atoms with Crippen LogP contribution in [0.15, 0.2) is 42.5 Å². The second kappa shape index (κ2) is 10.1. The van der Waals surface area contributed by atoms with Crippen molar-refractivity contribution in [1.82, 2.24) is 5.32 Å². The van der Waals surface area contributed by atoms with Crippen molar-refractivity contribution in [3.8, 4) is 11.5 Å². The number of carbonyl (C=O) groups is 1. The van der Waals surface area contributed by atoms with Crippen LogP contribution in [-0.2, 0) is 17.1 Å². The molecule has 0 unspecified atom stereocenters. The molecule has 0 aliphatic carbocycles. The van der Waals surface area contributed by atoms with Gasteiger partial charge in [0.15, 0.2) is 11.5 Å². The van der Waals surface area contributed by atoms with Crippen LogP contribution in [0.3, 0.4) is 0 Å². The van der Waals surface area contributed by atoms with Gasteiger partial charge in [0.05, 0.1) is 19.0 Å². The number of nitrogens with one attached hydrogen (secondary N) is 1. The van der Waals surface area contributed by atoms with Crippen molar-refractivity contribution in [2.45, 2.75) is 39.2 Å². The van der Waals surface area contributed by atoms with Crippen LogP contribution in [0.5, 0.6) is 11.5 Å². The molecule has 1 N–H and O–H groups in total. The molecule has 2 aromatic carbocycles. The molecular formula is C21H27NO3S. The number of benzene rings is 2. The van der Waals surface area contributed by atoms with Gasteiger partial charge in [-0.05, 0) is 49.6 Å². The number of methoxy groups -OCH3 is 1. The molecule has 1 amide bonds. The van der Waals surface area contributed by atoms with E-state index in [4.69, 9.17) is 9.47 Å². The third-order valence-corrected chi connectivity index (χ3v) is 4.81. The molecule has 2 rings (SSSR count). The SMILES string of the molecule is COc1cc(CNC(=O)CSCc2ccccc2C)ccc1OC(C)C. The Morgan fingerprint density at radius 3 is 2.62 bits per heavy atom. The molecular weight excluding hydrogens is 346 g/mol. The summed E-state index contributed by atoms with van der Waals surface area (Å²) in [5.74, 6) is 2.71. The number of rotatable bonds is 9. The highest BCUT2D eigenvalue weighted by Gasteiger charge is 2.09. The van der Waals surface area contributed by atoms with Gasteiger partial charge in [0.2, 0.25) is 5.91 Å². The smallest absolute Gasteiger partial charge is 0.230 e. The molecule has 0 saturated carbocycles. The van der Waals surface area contributed by atoms with Crippen molar-refractivity contribution in [3.63, 3.8) is 0 Å². The summed E-state index contributed by atoms with van der Waals surface area (Å²) in [7, 11) is 1.62. The van der Waals surface area contributed by atoms with Gasteiger partial charge in [0.1, 0.15) is 0 Å². The van der Waals surface area contributed by atoms with Gasteiger partial charge in [-0.1, -0.05) is 30.3 Å². The van der Waals surface area contributed by atoms with Gasteiger partial charge >= 0.3 is 0 Å². The first-order chi connectivity index (χ1) is 12.5. The Bertz CT molecular complexity index is 731. The van der Waals surface area contributed by atoms with E-state index < -0.39 is 0 Å². The van der Waals surface area contributed by atoms with E-state index in [9.17, 15) is 4.79 Å². The molecule has 0 fully saturated rings. The lowest BCUT2D eigenvalue weighted by molar-refractivity contribution is -0.118. The lowest BCUT2D eigenvalue weighted by Crippen LogP contribution is -2.24. The van der Waals surface area contributed by atoms with Crippen LogP contribution in [0, 0.1) is 6.92 Å². The summed E-state index contributed by atoms with van der Waals surface area (Å²) < 4.78 is 11.1. The zero-order chi connectivity index (χ0) is 18.9. The van der Waals surface area contributed by atoms with Crippen LogP contribution in [0.4, 0.5) is 0 Å². The third-order valence-electron chi connectivity index (χ3n) is 3.83. The highest BCUT2D eigenvalue weighted by atomic mass is 32.2. The Kier molecular flexibility index (Phi) is 7.85. The number of hydrogen-bond acceptors (Lipinski definition) is 4. The van der Waals surface area contributed by atoms with Gasteiger partial charge in [-0.15, -0.1) is 11.8 Å². The minimum absolute atomic E-state index is 0.0325. The Morgan fingerprint density at radius 1 is 1.15 bits per heavy atom. The van der Waals surface area contributed by atoms with Crippen LogP contribution in [-0.4, -0.2) is 24.9 Å². The molecule has 0 radical (unpaired) electrons. The number of carbonyl (C=O) groups excluding carboxylic acids is 1. The second-order valence-corrected chi connectivity index (χ2v) is 7.33. The van der Waals surface area contributed by atoms with Crippen molar-refractivity contribution < 1.29 is 14.3 Å². The zero-order valence-corrected chi connectivity index (χ0v) is 16.7. The fourth-order valence-electron chi connectivity index (χ4n) is 2.45. The number of thioether (sulfide) groups is 1. The Morgan fingerprint density at radius 2 is 1.92 bits per heavy atom. The summed E-state index contributed by atoms with van der Waals surface area (Å²) in [6, 6.07) is 14.0. The molecule has 0 bridgehead atoms. The van der Waals surface area contributed by atoms with E-state index in [1.165, 1.54) is 11.1 Å². The fraction of sp³-hybridized carbons (Fsp3) is 0.381. The van der Waals surface area contributed by atoms with E-state index in [1.54, 1.807) is 18.9 Å². The minimum Gasteiger partial charge on any atom is -0.493 e. The summed E-state index contributed by atoms with van der Waals surface area (Å²) in [6.45, 7) is 6.52. The summed E-state index contributed by atoms with van der Waals surface area (Å²) >= 11 is 1.62. The Hall–Kier alpha value is -2.14. The van der Waals surface area contributed by atoms with E-state index in [-0.39, 0.29) is 12.0 Å². The van der Waals surface area contributed by atoms with Gasteiger partial charge in [-0.3, -0.25) is 4.79 Å². The molecule has 0 aromatic heterocycles. The highest BCUT2D eigenvalue weighted by molar-refractivity contribution is 7.99. The van der Waals surface area contributed by atoms with Crippen LogP contribution >= 0.6 is 11.8 Å². The number of amides is 1. The lowest BCUT2D eigenvalue weighted by atomic mass is 10.1. The van der Waals surface area contributed by atoms with E-state index >= 15 is 0 Å². The zero-order valence-electron chi connectivity index (χ0n) is 15.9. The quantitative estimate of drug-likeness (QED) is 0.710. The third kappa shape index (κ3) is 6.30. The maximum atomic E-state index is 12.1. The molecule has 0 saturated heterocycles. The monoisotopic (exact) mass is 373 g/mol. The standard InChI is InChI=1S/C21H27NO3S/c1-15(2)25-19-10-9-17(11-20(19)24-4)12-22-21(23)14-26-13-18-8-6-5-7-16(18)3/h5-11,15H,12-14H2,1-4H3,(H,22,23). The maximum Gasteiger partial charge on any atom is 0.230 e. The van der Waals surface area contributed by atoms with Crippen LogP contribution in [0.25, 0.3) is 0 Å². The maximum absolute atomic E-state index is 12.1. The minimum atomic E-state index is 0.0325. The Balaban J connectivity index is 1.80. The van der Waals surface area contributed by atoms with Crippen molar-refractivity contribution in [1.29, 1.82) is 0 Å². The van der Waals surface area contributed by atoms with E-state index in [0.717, 1.165) is 11.3 Å². The van der Waals surface area contributed by atoms with Crippen molar-refractivity contribution in [3.05, 3.63) is 59.2 Å². The van der Waals surface area contributed by atoms with Gasteiger partial charge in [0, 0.05) is 12.3 Å². The molecule has 0 atom stereocenters. The lowest BCUT2D eigenvalue weighted by Gasteiger charge is -2.14. The van der Waals surface area contributed by atoms with Crippen LogP contribution < -0.4 is 14.8 Å². The first-order valence-electron chi connectivity index (χ1n) is 8.72. The predicted molar refractivity (Wildman–Crippen MR) is 108 cm³/mol. The Labute approximate surface area is 160 Å². The van der Waals surface area contributed by atoms with Crippen molar-refractivity contribution in [2.24, 2.45) is 0 Å². The largest absolute Gasteiger partial charge is 0.493 e. The molecule has 140 valence electrons. The molecule has 5 heteroatoms. The molecule has 0 aliphatic rings.